The lowest BCUT2D eigenvalue weighted by Crippen LogP contribution is -2.28. The zero-order valence-electron chi connectivity index (χ0n) is 9.71. The number of nitrogens with zero attached hydrogens (tertiary/aromatic N) is 2. The monoisotopic (exact) mass is 227 g/mol. The van der Waals surface area contributed by atoms with Gasteiger partial charge in [-0.05, 0) is 19.8 Å². The Morgan fingerprint density at radius 3 is 2.60 bits per heavy atom. The summed E-state index contributed by atoms with van der Waals surface area (Å²) in [5, 5.41) is 3.33. The molecule has 1 N–H and O–H groups in total. The maximum atomic E-state index is 5.89. The summed E-state index contributed by atoms with van der Waals surface area (Å²) in [6.07, 6.45) is 1.77. The smallest absolute Gasteiger partial charge is 0.148 e. The summed E-state index contributed by atoms with van der Waals surface area (Å²) in [7, 11) is 0. The fraction of sp³-hybridized carbons (Fsp3) is 0.636. The first-order chi connectivity index (χ1) is 7.04. The maximum absolute atomic E-state index is 5.89. The normalized spacial score (nSPS) is 12.9. The zero-order chi connectivity index (χ0) is 11.4. The molecule has 3 nitrogen and oxygen atoms in total. The van der Waals surface area contributed by atoms with E-state index in [-0.39, 0.29) is 6.04 Å². The number of anilines is 1. The van der Waals surface area contributed by atoms with E-state index >= 15 is 0 Å². The molecular weight excluding hydrogens is 210 g/mol. The minimum Gasteiger partial charge on any atom is -0.364 e. The summed E-state index contributed by atoms with van der Waals surface area (Å²) >= 11 is 5.89. The van der Waals surface area contributed by atoms with Crippen LogP contribution in [-0.4, -0.2) is 21.9 Å². The highest BCUT2D eigenvalue weighted by molar-refractivity contribution is 6.18. The summed E-state index contributed by atoms with van der Waals surface area (Å²) in [6.45, 7) is 8.15. The molecule has 1 unspecified atom stereocenters. The minimum atomic E-state index is 0.237. The number of hydrogen-bond acceptors (Lipinski definition) is 3. The topological polar surface area (TPSA) is 37.8 Å². The lowest BCUT2D eigenvalue weighted by molar-refractivity contribution is 0.561. The lowest BCUT2D eigenvalue weighted by atomic mass is 10.1. The van der Waals surface area contributed by atoms with Gasteiger partial charge in [-0.1, -0.05) is 13.8 Å². The van der Waals surface area contributed by atoms with E-state index < -0.39 is 0 Å². The number of aryl methyl sites for hydroxylation is 2. The number of aromatic nitrogens is 2. The molecule has 84 valence electrons. The quantitative estimate of drug-likeness (QED) is 0.804. The number of halogens is 1. The van der Waals surface area contributed by atoms with Crippen molar-refractivity contribution in [3.8, 4) is 0 Å². The second kappa shape index (κ2) is 5.31. The number of rotatable bonds is 4. The third-order valence-electron chi connectivity index (χ3n) is 2.37. The van der Waals surface area contributed by atoms with Crippen LogP contribution in [0.4, 0.5) is 5.82 Å². The van der Waals surface area contributed by atoms with Gasteiger partial charge >= 0.3 is 0 Å². The molecule has 0 aromatic carbocycles. The molecule has 0 amide bonds. The highest BCUT2D eigenvalue weighted by atomic mass is 35.5. The average molecular weight is 228 g/mol. The van der Waals surface area contributed by atoms with Gasteiger partial charge in [-0.25, -0.2) is 4.98 Å². The van der Waals surface area contributed by atoms with Gasteiger partial charge in [-0.3, -0.25) is 4.98 Å². The molecule has 1 aromatic heterocycles. The lowest BCUT2D eigenvalue weighted by Gasteiger charge is -2.21. The van der Waals surface area contributed by atoms with Gasteiger partial charge in [0.15, 0.2) is 0 Å². The molecule has 0 spiro atoms. The van der Waals surface area contributed by atoms with Gasteiger partial charge < -0.3 is 5.32 Å². The molecule has 1 heterocycles. The number of alkyl halides is 1. The van der Waals surface area contributed by atoms with Crippen molar-refractivity contribution in [1.29, 1.82) is 0 Å². The summed E-state index contributed by atoms with van der Waals surface area (Å²) in [6, 6.07) is 0.237. The van der Waals surface area contributed by atoms with Crippen LogP contribution in [0.1, 0.15) is 25.2 Å². The molecule has 0 bridgehead atoms. The average Bonchev–Trinajstić information content (AvgIpc) is 2.18. The molecule has 4 heteroatoms. The van der Waals surface area contributed by atoms with E-state index in [0.29, 0.717) is 11.8 Å². The van der Waals surface area contributed by atoms with Crippen molar-refractivity contribution < 1.29 is 0 Å². The molecule has 0 saturated carbocycles. The standard InChI is InChI=1S/C11H18ClN3/c1-7(2)10(5-12)15-11-9(4)13-6-8(3)14-11/h6-7,10H,5H2,1-4H3,(H,14,15). The zero-order valence-corrected chi connectivity index (χ0v) is 10.5. The van der Waals surface area contributed by atoms with Gasteiger partial charge in [-0.2, -0.15) is 0 Å². The minimum absolute atomic E-state index is 0.237. The highest BCUT2D eigenvalue weighted by Crippen LogP contribution is 2.14. The Morgan fingerprint density at radius 1 is 1.40 bits per heavy atom. The first-order valence-corrected chi connectivity index (χ1v) is 5.70. The van der Waals surface area contributed by atoms with Crippen LogP contribution < -0.4 is 5.32 Å². The largest absolute Gasteiger partial charge is 0.364 e. The molecule has 0 aliphatic rings. The first kappa shape index (κ1) is 12.2. The summed E-state index contributed by atoms with van der Waals surface area (Å²) < 4.78 is 0. The van der Waals surface area contributed by atoms with E-state index in [2.05, 4.69) is 29.1 Å². The Balaban J connectivity index is 2.82. The Morgan fingerprint density at radius 2 is 2.07 bits per heavy atom. The van der Waals surface area contributed by atoms with E-state index in [1.165, 1.54) is 0 Å². The number of nitrogens with one attached hydrogen (secondary N) is 1. The second-order valence-electron chi connectivity index (χ2n) is 4.09. The van der Waals surface area contributed by atoms with Crippen molar-refractivity contribution in [3.05, 3.63) is 17.6 Å². The van der Waals surface area contributed by atoms with Gasteiger partial charge in [-0.15, -0.1) is 11.6 Å². The second-order valence-corrected chi connectivity index (χ2v) is 4.40. The summed E-state index contributed by atoms with van der Waals surface area (Å²) in [5.74, 6) is 1.89. The van der Waals surface area contributed by atoms with E-state index in [1.807, 2.05) is 13.8 Å². The molecule has 1 rings (SSSR count). The van der Waals surface area contributed by atoms with E-state index in [4.69, 9.17) is 11.6 Å². The summed E-state index contributed by atoms with van der Waals surface area (Å²) in [5.41, 5.74) is 1.83. The Labute approximate surface area is 96.3 Å². The van der Waals surface area contributed by atoms with E-state index in [0.717, 1.165) is 17.2 Å². The van der Waals surface area contributed by atoms with Gasteiger partial charge in [0.25, 0.3) is 0 Å². The van der Waals surface area contributed by atoms with Crippen LogP contribution in [0.15, 0.2) is 6.20 Å². The Kier molecular flexibility index (Phi) is 4.33. The fourth-order valence-electron chi connectivity index (χ4n) is 1.23. The van der Waals surface area contributed by atoms with Gasteiger partial charge in [0.05, 0.1) is 11.4 Å². The van der Waals surface area contributed by atoms with Crippen molar-refractivity contribution in [2.45, 2.75) is 33.7 Å². The fourth-order valence-corrected chi connectivity index (χ4v) is 1.67. The van der Waals surface area contributed by atoms with E-state index in [9.17, 15) is 0 Å². The van der Waals surface area contributed by atoms with Crippen LogP contribution in [0.3, 0.4) is 0 Å². The van der Waals surface area contributed by atoms with Crippen LogP contribution in [0.2, 0.25) is 0 Å². The van der Waals surface area contributed by atoms with Gasteiger partial charge in [0.2, 0.25) is 0 Å². The highest BCUT2D eigenvalue weighted by Gasteiger charge is 2.13. The molecular formula is C11H18ClN3. The van der Waals surface area contributed by atoms with Crippen LogP contribution in [0.25, 0.3) is 0 Å². The van der Waals surface area contributed by atoms with Crippen LogP contribution >= 0.6 is 11.6 Å². The molecule has 0 radical (unpaired) electrons. The third-order valence-corrected chi connectivity index (χ3v) is 2.70. The Bertz CT molecular complexity index is 326. The molecule has 0 saturated heterocycles. The van der Waals surface area contributed by atoms with Crippen molar-refractivity contribution in [2.24, 2.45) is 5.92 Å². The predicted octanol–water partition coefficient (Wildman–Crippen LogP) is 2.77. The molecule has 0 aliphatic heterocycles. The maximum Gasteiger partial charge on any atom is 0.148 e. The van der Waals surface area contributed by atoms with Crippen LogP contribution in [0.5, 0.6) is 0 Å². The Hall–Kier alpha value is -0.830. The summed E-state index contributed by atoms with van der Waals surface area (Å²) in [4.78, 5) is 8.67. The van der Waals surface area contributed by atoms with E-state index in [1.54, 1.807) is 6.20 Å². The van der Waals surface area contributed by atoms with Crippen molar-refractivity contribution >= 4 is 17.4 Å². The van der Waals surface area contributed by atoms with Gasteiger partial charge in [0, 0.05) is 18.1 Å². The predicted molar refractivity (Wildman–Crippen MR) is 64.5 cm³/mol. The van der Waals surface area contributed by atoms with Crippen molar-refractivity contribution in [2.75, 3.05) is 11.2 Å². The number of hydrogen-bond donors (Lipinski definition) is 1. The molecule has 15 heavy (non-hydrogen) atoms. The third kappa shape index (κ3) is 3.34. The molecule has 0 aliphatic carbocycles. The molecule has 1 atom stereocenters. The van der Waals surface area contributed by atoms with Crippen LogP contribution in [-0.2, 0) is 0 Å². The van der Waals surface area contributed by atoms with Crippen LogP contribution in [0, 0.1) is 19.8 Å². The first-order valence-electron chi connectivity index (χ1n) is 5.17. The van der Waals surface area contributed by atoms with Crippen molar-refractivity contribution in [3.63, 3.8) is 0 Å². The molecule has 1 aromatic rings. The SMILES string of the molecule is Cc1cnc(C)c(NC(CCl)C(C)C)n1. The van der Waals surface area contributed by atoms with Gasteiger partial charge in [0.1, 0.15) is 5.82 Å². The molecule has 0 fully saturated rings. The van der Waals surface area contributed by atoms with Crippen molar-refractivity contribution in [1.82, 2.24) is 9.97 Å².